The van der Waals surface area contributed by atoms with Crippen LogP contribution in [-0.4, -0.2) is 31.1 Å². The Morgan fingerprint density at radius 3 is 2.62 bits per heavy atom. The molecule has 0 atom stereocenters. The van der Waals surface area contributed by atoms with Gasteiger partial charge in [-0.1, -0.05) is 29.8 Å². The molecule has 1 spiro atoms. The van der Waals surface area contributed by atoms with Crippen LogP contribution in [0.3, 0.4) is 0 Å². The highest BCUT2D eigenvalue weighted by molar-refractivity contribution is 5.21. The van der Waals surface area contributed by atoms with Crippen LogP contribution in [0.25, 0.3) is 0 Å². The standard InChI is InChI=1S/C14H20N2/c1-12-2-4-13(5-3-12)8-16-10-14(11-16)6-7-15-9-14/h2-5,15H,6-11H2,1H3. The third kappa shape index (κ3) is 1.87. The number of nitrogens with zero attached hydrogens (tertiary/aromatic N) is 1. The molecule has 2 saturated heterocycles. The molecular formula is C14H20N2. The van der Waals surface area contributed by atoms with Gasteiger partial charge in [0.2, 0.25) is 0 Å². The highest BCUT2D eigenvalue weighted by atomic mass is 15.2. The molecule has 16 heavy (non-hydrogen) atoms. The van der Waals surface area contributed by atoms with Gasteiger partial charge in [-0.25, -0.2) is 0 Å². The summed E-state index contributed by atoms with van der Waals surface area (Å²) in [4.78, 5) is 2.57. The summed E-state index contributed by atoms with van der Waals surface area (Å²) in [6.45, 7) is 8.30. The molecule has 0 saturated carbocycles. The lowest BCUT2D eigenvalue weighted by Gasteiger charge is -2.48. The molecule has 0 bridgehead atoms. The van der Waals surface area contributed by atoms with Crippen molar-refractivity contribution in [1.82, 2.24) is 10.2 Å². The monoisotopic (exact) mass is 216 g/mol. The smallest absolute Gasteiger partial charge is 0.0234 e. The predicted octanol–water partition coefficient (Wildman–Crippen LogP) is 1.79. The van der Waals surface area contributed by atoms with E-state index in [1.165, 1.54) is 43.7 Å². The van der Waals surface area contributed by atoms with E-state index in [4.69, 9.17) is 0 Å². The van der Waals surface area contributed by atoms with Crippen LogP contribution in [0.15, 0.2) is 24.3 Å². The van der Waals surface area contributed by atoms with Gasteiger partial charge in [0.1, 0.15) is 0 Å². The van der Waals surface area contributed by atoms with E-state index in [1.54, 1.807) is 0 Å². The quantitative estimate of drug-likeness (QED) is 0.811. The summed E-state index contributed by atoms with van der Waals surface area (Å²) in [5.41, 5.74) is 3.43. The molecule has 1 aromatic carbocycles. The first kappa shape index (κ1) is 10.3. The number of nitrogens with one attached hydrogen (secondary N) is 1. The van der Waals surface area contributed by atoms with Crippen molar-refractivity contribution in [1.29, 1.82) is 0 Å². The van der Waals surface area contributed by atoms with Crippen LogP contribution in [0, 0.1) is 12.3 Å². The second kappa shape index (κ2) is 3.86. The van der Waals surface area contributed by atoms with E-state index >= 15 is 0 Å². The van der Waals surface area contributed by atoms with Gasteiger partial charge in [0.25, 0.3) is 0 Å². The van der Waals surface area contributed by atoms with Gasteiger partial charge in [0, 0.05) is 31.6 Å². The van der Waals surface area contributed by atoms with E-state index in [0.717, 1.165) is 6.54 Å². The summed E-state index contributed by atoms with van der Waals surface area (Å²) < 4.78 is 0. The molecule has 0 unspecified atom stereocenters. The van der Waals surface area contributed by atoms with Crippen molar-refractivity contribution in [3.8, 4) is 0 Å². The van der Waals surface area contributed by atoms with Gasteiger partial charge in [-0.05, 0) is 25.5 Å². The van der Waals surface area contributed by atoms with Crippen LogP contribution >= 0.6 is 0 Å². The number of rotatable bonds is 2. The fourth-order valence-corrected chi connectivity index (χ4v) is 3.03. The Morgan fingerprint density at radius 1 is 1.25 bits per heavy atom. The van der Waals surface area contributed by atoms with Crippen molar-refractivity contribution < 1.29 is 0 Å². The molecule has 1 aromatic rings. The number of aryl methyl sites for hydroxylation is 1. The topological polar surface area (TPSA) is 15.3 Å². The first-order valence-corrected chi connectivity index (χ1v) is 6.24. The summed E-state index contributed by atoms with van der Waals surface area (Å²) in [6, 6.07) is 8.93. The Morgan fingerprint density at radius 2 is 2.00 bits per heavy atom. The number of hydrogen-bond acceptors (Lipinski definition) is 2. The second-order valence-corrected chi connectivity index (χ2v) is 5.56. The minimum Gasteiger partial charge on any atom is -0.316 e. The summed E-state index contributed by atoms with van der Waals surface area (Å²) in [6.07, 6.45) is 1.37. The van der Waals surface area contributed by atoms with Crippen molar-refractivity contribution in [2.45, 2.75) is 19.9 Å². The Bertz CT molecular complexity index is 355. The van der Waals surface area contributed by atoms with Crippen LogP contribution in [0.4, 0.5) is 0 Å². The Hall–Kier alpha value is -0.860. The SMILES string of the molecule is Cc1ccc(CN2CC3(CCNC3)C2)cc1. The van der Waals surface area contributed by atoms with Crippen molar-refractivity contribution in [2.24, 2.45) is 5.41 Å². The summed E-state index contributed by atoms with van der Waals surface area (Å²) >= 11 is 0. The normalized spacial score (nSPS) is 23.6. The fraction of sp³-hybridized carbons (Fsp3) is 0.571. The molecule has 2 aliphatic heterocycles. The van der Waals surface area contributed by atoms with Crippen LogP contribution in [0.5, 0.6) is 0 Å². The van der Waals surface area contributed by atoms with Crippen LogP contribution < -0.4 is 5.32 Å². The minimum absolute atomic E-state index is 0.630. The number of hydrogen-bond donors (Lipinski definition) is 1. The lowest BCUT2D eigenvalue weighted by atomic mass is 9.79. The zero-order chi connectivity index (χ0) is 11.0. The van der Waals surface area contributed by atoms with E-state index in [0.29, 0.717) is 5.41 Å². The second-order valence-electron chi connectivity index (χ2n) is 5.56. The Balaban J connectivity index is 1.56. The van der Waals surface area contributed by atoms with Gasteiger partial charge in [-0.15, -0.1) is 0 Å². The van der Waals surface area contributed by atoms with Crippen LogP contribution in [-0.2, 0) is 6.54 Å². The largest absolute Gasteiger partial charge is 0.316 e. The molecule has 1 N–H and O–H groups in total. The molecule has 0 aromatic heterocycles. The molecular weight excluding hydrogens is 196 g/mol. The molecule has 86 valence electrons. The lowest BCUT2D eigenvalue weighted by Crippen LogP contribution is -2.56. The first-order chi connectivity index (χ1) is 7.76. The molecule has 0 aliphatic carbocycles. The molecule has 3 rings (SSSR count). The third-order valence-electron chi connectivity index (χ3n) is 3.98. The third-order valence-corrected chi connectivity index (χ3v) is 3.98. The fourth-order valence-electron chi connectivity index (χ4n) is 3.03. The molecule has 2 fully saturated rings. The van der Waals surface area contributed by atoms with E-state index in [2.05, 4.69) is 41.4 Å². The highest BCUT2D eigenvalue weighted by Gasteiger charge is 2.44. The van der Waals surface area contributed by atoms with Gasteiger partial charge in [-0.3, -0.25) is 4.90 Å². The van der Waals surface area contributed by atoms with Crippen LogP contribution in [0.1, 0.15) is 17.5 Å². The van der Waals surface area contributed by atoms with E-state index in [1.807, 2.05) is 0 Å². The average molecular weight is 216 g/mol. The van der Waals surface area contributed by atoms with Gasteiger partial charge >= 0.3 is 0 Å². The van der Waals surface area contributed by atoms with Crippen molar-refractivity contribution in [3.63, 3.8) is 0 Å². The highest BCUT2D eigenvalue weighted by Crippen LogP contribution is 2.36. The van der Waals surface area contributed by atoms with Crippen molar-refractivity contribution >= 4 is 0 Å². The van der Waals surface area contributed by atoms with Crippen molar-refractivity contribution in [2.75, 3.05) is 26.2 Å². The first-order valence-electron chi connectivity index (χ1n) is 6.24. The molecule has 0 radical (unpaired) electrons. The zero-order valence-electron chi connectivity index (χ0n) is 10.00. The maximum Gasteiger partial charge on any atom is 0.0234 e. The van der Waals surface area contributed by atoms with Crippen molar-refractivity contribution in [3.05, 3.63) is 35.4 Å². The predicted molar refractivity (Wildman–Crippen MR) is 66.4 cm³/mol. The molecule has 0 amide bonds. The Kier molecular flexibility index (Phi) is 2.49. The maximum absolute atomic E-state index is 3.48. The Labute approximate surface area is 97.6 Å². The van der Waals surface area contributed by atoms with E-state index < -0.39 is 0 Å². The molecule has 2 nitrogen and oxygen atoms in total. The average Bonchev–Trinajstić information content (AvgIpc) is 2.70. The zero-order valence-corrected chi connectivity index (χ0v) is 10.00. The van der Waals surface area contributed by atoms with E-state index in [9.17, 15) is 0 Å². The molecule has 2 heteroatoms. The van der Waals surface area contributed by atoms with Gasteiger partial charge in [0.15, 0.2) is 0 Å². The van der Waals surface area contributed by atoms with Gasteiger partial charge in [0.05, 0.1) is 0 Å². The maximum atomic E-state index is 3.48. The number of likely N-dealkylation sites (tertiary alicyclic amines) is 1. The number of benzene rings is 1. The van der Waals surface area contributed by atoms with Gasteiger partial charge < -0.3 is 5.32 Å². The minimum atomic E-state index is 0.630. The lowest BCUT2D eigenvalue weighted by molar-refractivity contribution is 0.0103. The summed E-state index contributed by atoms with van der Waals surface area (Å²) in [5.74, 6) is 0. The van der Waals surface area contributed by atoms with Gasteiger partial charge in [-0.2, -0.15) is 0 Å². The molecule has 2 aliphatic rings. The van der Waals surface area contributed by atoms with Crippen LogP contribution in [0.2, 0.25) is 0 Å². The van der Waals surface area contributed by atoms with E-state index in [-0.39, 0.29) is 0 Å². The summed E-state index contributed by atoms with van der Waals surface area (Å²) in [7, 11) is 0. The molecule has 2 heterocycles. The summed E-state index contributed by atoms with van der Waals surface area (Å²) in [5, 5.41) is 3.48.